The van der Waals surface area contributed by atoms with Crippen LogP contribution in [0.2, 0.25) is 0 Å². The van der Waals surface area contributed by atoms with Gasteiger partial charge < -0.3 is 21.5 Å². The van der Waals surface area contributed by atoms with Gasteiger partial charge in [0.1, 0.15) is 17.6 Å². The SMILES string of the molecule is N=C(N)c1ccc2c(c1)C(C(NC(=O)C(c1ccccc1)c1ccccc1)C(=O)NCc1ccc(O)cc1)CCS2. The Morgan fingerprint density at radius 1 is 0.902 bits per heavy atom. The maximum atomic E-state index is 14.1. The van der Waals surface area contributed by atoms with E-state index in [9.17, 15) is 14.7 Å². The number of fused-ring (bicyclic) bond motifs is 1. The van der Waals surface area contributed by atoms with Gasteiger partial charge in [-0.25, -0.2) is 0 Å². The van der Waals surface area contributed by atoms with Gasteiger partial charge in [0.2, 0.25) is 11.8 Å². The van der Waals surface area contributed by atoms with Crippen molar-refractivity contribution in [1.82, 2.24) is 10.6 Å². The second kappa shape index (κ2) is 12.7. The Balaban J connectivity index is 1.50. The number of amides is 2. The van der Waals surface area contributed by atoms with Gasteiger partial charge in [-0.3, -0.25) is 15.0 Å². The van der Waals surface area contributed by atoms with Crippen molar-refractivity contribution < 1.29 is 14.7 Å². The largest absolute Gasteiger partial charge is 0.508 e. The third-order valence-electron chi connectivity index (χ3n) is 7.32. The van der Waals surface area contributed by atoms with E-state index in [2.05, 4.69) is 10.6 Å². The molecule has 208 valence electrons. The Morgan fingerprint density at radius 3 is 2.15 bits per heavy atom. The highest BCUT2D eigenvalue weighted by Gasteiger charge is 2.36. The summed E-state index contributed by atoms with van der Waals surface area (Å²) >= 11 is 1.69. The van der Waals surface area contributed by atoms with Crippen LogP contribution in [0, 0.1) is 5.41 Å². The minimum Gasteiger partial charge on any atom is -0.508 e. The molecule has 2 amide bonds. The summed E-state index contributed by atoms with van der Waals surface area (Å²) in [5, 5.41) is 23.7. The third-order valence-corrected chi connectivity index (χ3v) is 8.44. The van der Waals surface area contributed by atoms with Gasteiger partial charge in [-0.15, -0.1) is 11.8 Å². The molecule has 0 radical (unpaired) electrons. The number of hydrogen-bond donors (Lipinski definition) is 5. The molecule has 4 aromatic carbocycles. The first-order valence-corrected chi connectivity index (χ1v) is 14.5. The van der Waals surface area contributed by atoms with Gasteiger partial charge in [-0.05, 0) is 58.7 Å². The highest BCUT2D eigenvalue weighted by Crippen LogP contribution is 2.40. The standard InChI is InChI=1S/C33H32N4O3S/c34-31(35)24-13-16-28-27(19-24)26(17-18-41-28)30(33(40)36-20-21-11-14-25(38)15-12-21)37-32(39)29(22-7-3-1-4-8-22)23-9-5-2-6-10-23/h1-16,19,26,29-30,38H,17-18,20H2,(H3,34,35)(H,36,40)(H,37,39). The third kappa shape index (κ3) is 6.61. The minimum absolute atomic E-state index is 0.0484. The monoisotopic (exact) mass is 564 g/mol. The van der Waals surface area contributed by atoms with Crippen LogP contribution in [0.4, 0.5) is 0 Å². The van der Waals surface area contributed by atoms with Crippen LogP contribution in [0.25, 0.3) is 0 Å². The molecular weight excluding hydrogens is 532 g/mol. The van der Waals surface area contributed by atoms with Crippen molar-refractivity contribution >= 4 is 29.4 Å². The summed E-state index contributed by atoms with van der Waals surface area (Å²) in [6.07, 6.45) is 0.665. The second-order valence-corrected chi connectivity index (χ2v) is 11.2. The van der Waals surface area contributed by atoms with Crippen LogP contribution >= 0.6 is 11.8 Å². The number of carbonyl (C=O) groups is 2. The van der Waals surface area contributed by atoms with Gasteiger partial charge in [0, 0.05) is 22.9 Å². The molecule has 2 atom stereocenters. The average Bonchev–Trinajstić information content (AvgIpc) is 3.00. The molecule has 7 nitrogen and oxygen atoms in total. The number of hydrogen-bond acceptors (Lipinski definition) is 5. The summed E-state index contributed by atoms with van der Waals surface area (Å²) in [6.45, 7) is 0.244. The first kappa shape index (κ1) is 28.0. The van der Waals surface area contributed by atoms with Crippen molar-refractivity contribution in [3.05, 3.63) is 131 Å². The van der Waals surface area contributed by atoms with Crippen molar-refractivity contribution in [3.8, 4) is 5.75 Å². The lowest BCUT2D eigenvalue weighted by molar-refractivity contribution is -0.130. The van der Waals surface area contributed by atoms with E-state index in [-0.39, 0.29) is 35.9 Å². The zero-order chi connectivity index (χ0) is 28.8. The number of carbonyl (C=O) groups excluding carboxylic acids is 2. The molecule has 41 heavy (non-hydrogen) atoms. The molecule has 0 saturated heterocycles. The topological polar surface area (TPSA) is 128 Å². The van der Waals surface area contributed by atoms with Crippen LogP contribution in [0.5, 0.6) is 5.75 Å². The van der Waals surface area contributed by atoms with Gasteiger partial charge in [0.05, 0.1) is 5.92 Å². The number of nitrogen functional groups attached to an aromatic ring is 1. The Hall–Kier alpha value is -4.56. The maximum absolute atomic E-state index is 14.1. The number of phenols is 1. The van der Waals surface area contributed by atoms with E-state index in [1.54, 1.807) is 36.0 Å². The predicted molar refractivity (Wildman–Crippen MR) is 162 cm³/mol. The quantitative estimate of drug-likeness (QED) is 0.146. The van der Waals surface area contributed by atoms with Gasteiger partial charge in [-0.2, -0.15) is 0 Å². The van der Waals surface area contributed by atoms with Crippen LogP contribution in [-0.4, -0.2) is 34.6 Å². The second-order valence-electron chi connectivity index (χ2n) is 10.0. The molecule has 0 aromatic heterocycles. The van der Waals surface area contributed by atoms with Gasteiger partial charge >= 0.3 is 0 Å². The van der Waals surface area contributed by atoms with Crippen LogP contribution in [0.3, 0.4) is 0 Å². The Labute approximate surface area is 243 Å². The average molecular weight is 565 g/mol. The molecule has 2 unspecified atom stereocenters. The van der Waals surface area contributed by atoms with Crippen molar-refractivity contribution in [2.75, 3.05) is 5.75 Å². The lowest BCUT2D eigenvalue weighted by atomic mass is 9.85. The fourth-order valence-corrected chi connectivity index (χ4v) is 6.35. The summed E-state index contributed by atoms with van der Waals surface area (Å²) in [5.74, 6) is -0.608. The van der Waals surface area contributed by atoms with E-state index in [4.69, 9.17) is 11.1 Å². The lowest BCUT2D eigenvalue weighted by Gasteiger charge is -2.33. The van der Waals surface area contributed by atoms with Gasteiger partial charge in [0.15, 0.2) is 0 Å². The molecule has 0 spiro atoms. The molecule has 0 bridgehead atoms. The number of aromatic hydroxyl groups is 1. The molecule has 1 aliphatic heterocycles. The van der Waals surface area contributed by atoms with E-state index in [1.807, 2.05) is 78.9 Å². The molecule has 0 saturated carbocycles. The van der Waals surface area contributed by atoms with Crippen molar-refractivity contribution in [2.24, 2.45) is 5.73 Å². The number of nitrogens with one attached hydrogen (secondary N) is 3. The normalized spacial score (nSPS) is 15.0. The number of rotatable bonds is 9. The first-order chi connectivity index (χ1) is 19.9. The Morgan fingerprint density at radius 2 is 1.54 bits per heavy atom. The Kier molecular flexibility index (Phi) is 8.70. The van der Waals surface area contributed by atoms with Crippen molar-refractivity contribution in [2.45, 2.75) is 35.7 Å². The van der Waals surface area contributed by atoms with Crippen LogP contribution in [-0.2, 0) is 16.1 Å². The van der Waals surface area contributed by atoms with Crippen molar-refractivity contribution in [1.29, 1.82) is 5.41 Å². The molecule has 4 aromatic rings. The summed E-state index contributed by atoms with van der Waals surface area (Å²) in [6, 6.07) is 30.5. The van der Waals surface area contributed by atoms with Gasteiger partial charge in [-0.1, -0.05) is 78.9 Å². The van der Waals surface area contributed by atoms with Crippen LogP contribution in [0.1, 0.15) is 46.1 Å². The highest BCUT2D eigenvalue weighted by atomic mass is 32.2. The number of nitrogens with two attached hydrogens (primary N) is 1. The molecule has 0 aliphatic carbocycles. The summed E-state index contributed by atoms with van der Waals surface area (Å²) < 4.78 is 0. The van der Waals surface area contributed by atoms with Crippen LogP contribution in [0.15, 0.2) is 108 Å². The number of phenolic OH excluding ortho intramolecular Hbond substituents is 1. The lowest BCUT2D eigenvalue weighted by Crippen LogP contribution is -2.51. The van der Waals surface area contributed by atoms with Crippen LogP contribution < -0.4 is 16.4 Å². The molecule has 1 aliphatic rings. The van der Waals surface area contributed by atoms with E-state index >= 15 is 0 Å². The molecule has 1 heterocycles. The Bertz CT molecular complexity index is 1490. The zero-order valence-corrected chi connectivity index (χ0v) is 23.2. The fraction of sp³-hybridized carbons (Fsp3) is 0.182. The molecule has 6 N–H and O–H groups in total. The van der Waals surface area contributed by atoms with E-state index < -0.39 is 12.0 Å². The number of amidine groups is 1. The van der Waals surface area contributed by atoms with E-state index in [1.165, 1.54) is 0 Å². The number of benzene rings is 4. The minimum atomic E-state index is -0.864. The van der Waals surface area contributed by atoms with Crippen molar-refractivity contribution in [3.63, 3.8) is 0 Å². The first-order valence-electron chi connectivity index (χ1n) is 13.5. The summed E-state index contributed by atoms with van der Waals surface area (Å²) in [5.41, 5.74) is 9.78. The molecule has 0 fully saturated rings. The smallest absolute Gasteiger partial charge is 0.243 e. The maximum Gasteiger partial charge on any atom is 0.243 e. The summed E-state index contributed by atoms with van der Waals surface area (Å²) in [4.78, 5) is 29.0. The molecular formula is C33H32N4O3S. The number of thioether (sulfide) groups is 1. The fourth-order valence-electron chi connectivity index (χ4n) is 5.22. The highest BCUT2D eigenvalue weighted by molar-refractivity contribution is 7.99. The summed E-state index contributed by atoms with van der Waals surface area (Å²) in [7, 11) is 0. The van der Waals surface area contributed by atoms with Gasteiger partial charge in [0.25, 0.3) is 0 Å². The van der Waals surface area contributed by atoms with E-state index in [0.29, 0.717) is 12.0 Å². The predicted octanol–water partition coefficient (Wildman–Crippen LogP) is 4.89. The van der Waals surface area contributed by atoms with E-state index in [0.717, 1.165) is 32.9 Å². The molecule has 5 rings (SSSR count). The molecule has 8 heteroatoms. The zero-order valence-electron chi connectivity index (χ0n) is 22.4.